The van der Waals surface area contributed by atoms with Gasteiger partial charge in [0.25, 0.3) is 0 Å². The summed E-state index contributed by atoms with van der Waals surface area (Å²) in [5.74, 6) is 1.38. The van der Waals surface area contributed by atoms with Crippen LogP contribution in [0.5, 0.6) is 0 Å². The van der Waals surface area contributed by atoms with Crippen LogP contribution in [0.1, 0.15) is 43.7 Å². The number of hydrogen-bond donors (Lipinski definition) is 1. The van der Waals surface area contributed by atoms with Crippen molar-refractivity contribution in [3.05, 3.63) is 29.3 Å². The minimum atomic E-state index is 0.168. The molecule has 0 saturated carbocycles. The molecule has 108 valence electrons. The van der Waals surface area contributed by atoms with Gasteiger partial charge < -0.3 is 9.84 Å². The number of nitrogens with zero attached hydrogens (tertiary/aromatic N) is 3. The van der Waals surface area contributed by atoms with Crippen molar-refractivity contribution in [2.45, 2.75) is 46.6 Å². The highest BCUT2D eigenvalue weighted by Crippen LogP contribution is 2.23. The monoisotopic (exact) mass is 274 g/mol. The highest BCUT2D eigenvalue weighted by atomic mass is 16.5. The fraction of sp³-hybridized carbons (Fsp3) is 0.533. The molecule has 0 saturated heterocycles. The standard InChI is InChI=1S/C15H22N4O/c1-6-16-12(5)11(4)15-18-14(19-20-15)13-10(3)7-9(2)8-17-13/h7-8,11-12,16H,6H2,1-5H3. The Bertz CT molecular complexity index is 579. The second kappa shape index (κ2) is 6.13. The van der Waals surface area contributed by atoms with Crippen LogP contribution in [0.25, 0.3) is 11.5 Å². The van der Waals surface area contributed by atoms with Gasteiger partial charge in [0.2, 0.25) is 11.7 Å². The zero-order valence-electron chi connectivity index (χ0n) is 12.8. The topological polar surface area (TPSA) is 63.8 Å². The molecule has 0 aliphatic rings. The SMILES string of the molecule is CCNC(C)C(C)c1nc(-c2ncc(C)cc2C)no1. The van der Waals surface area contributed by atoms with Crippen LogP contribution in [-0.2, 0) is 0 Å². The van der Waals surface area contributed by atoms with Crippen LogP contribution in [0.3, 0.4) is 0 Å². The predicted octanol–water partition coefficient (Wildman–Crippen LogP) is 2.85. The molecule has 2 atom stereocenters. The molecule has 2 heterocycles. The van der Waals surface area contributed by atoms with Crippen LogP contribution in [0.4, 0.5) is 0 Å². The average molecular weight is 274 g/mol. The first-order chi connectivity index (χ1) is 9.52. The largest absolute Gasteiger partial charge is 0.339 e. The molecule has 0 bridgehead atoms. The average Bonchev–Trinajstić information content (AvgIpc) is 2.87. The molecule has 2 aromatic heterocycles. The number of nitrogens with one attached hydrogen (secondary N) is 1. The number of rotatable bonds is 5. The van der Waals surface area contributed by atoms with E-state index in [-0.39, 0.29) is 5.92 Å². The lowest BCUT2D eigenvalue weighted by atomic mass is 10.0. The van der Waals surface area contributed by atoms with Crippen molar-refractivity contribution in [2.24, 2.45) is 0 Å². The number of aromatic nitrogens is 3. The van der Waals surface area contributed by atoms with Crippen molar-refractivity contribution in [3.8, 4) is 11.5 Å². The van der Waals surface area contributed by atoms with Crippen LogP contribution >= 0.6 is 0 Å². The molecule has 5 heteroatoms. The van der Waals surface area contributed by atoms with Crippen LogP contribution < -0.4 is 5.32 Å². The summed E-state index contributed by atoms with van der Waals surface area (Å²) in [5, 5.41) is 7.43. The maximum absolute atomic E-state index is 5.39. The first-order valence-corrected chi connectivity index (χ1v) is 7.03. The molecule has 1 N–H and O–H groups in total. The van der Waals surface area contributed by atoms with E-state index < -0.39 is 0 Å². The lowest BCUT2D eigenvalue weighted by Gasteiger charge is -2.16. The van der Waals surface area contributed by atoms with E-state index in [9.17, 15) is 0 Å². The third-order valence-electron chi connectivity index (χ3n) is 3.53. The van der Waals surface area contributed by atoms with E-state index in [0.717, 1.165) is 23.4 Å². The lowest BCUT2D eigenvalue weighted by Crippen LogP contribution is -2.30. The van der Waals surface area contributed by atoms with Crippen molar-refractivity contribution in [1.82, 2.24) is 20.4 Å². The maximum Gasteiger partial charge on any atom is 0.231 e. The molecule has 2 rings (SSSR count). The Balaban J connectivity index is 2.24. The van der Waals surface area contributed by atoms with Crippen LogP contribution in [0.2, 0.25) is 0 Å². The summed E-state index contributed by atoms with van der Waals surface area (Å²) in [6, 6.07) is 2.36. The summed E-state index contributed by atoms with van der Waals surface area (Å²) in [4.78, 5) is 8.90. The van der Waals surface area contributed by atoms with E-state index in [2.05, 4.69) is 47.3 Å². The maximum atomic E-state index is 5.39. The number of likely N-dealkylation sites (N-methyl/N-ethyl adjacent to an activating group) is 1. The molecule has 0 amide bonds. The first-order valence-electron chi connectivity index (χ1n) is 7.03. The molecule has 0 fully saturated rings. The zero-order valence-corrected chi connectivity index (χ0v) is 12.8. The first kappa shape index (κ1) is 14.7. The van der Waals surface area contributed by atoms with Crippen molar-refractivity contribution >= 4 is 0 Å². The summed E-state index contributed by atoms with van der Waals surface area (Å²) in [6.45, 7) is 11.2. The van der Waals surface area contributed by atoms with E-state index in [1.54, 1.807) is 0 Å². The van der Waals surface area contributed by atoms with Gasteiger partial charge >= 0.3 is 0 Å². The van der Waals surface area contributed by atoms with Crippen LogP contribution in [0.15, 0.2) is 16.8 Å². The van der Waals surface area contributed by atoms with Gasteiger partial charge in [-0.05, 0) is 38.4 Å². The van der Waals surface area contributed by atoms with Gasteiger partial charge in [0.15, 0.2) is 0 Å². The summed E-state index contributed by atoms with van der Waals surface area (Å²) in [6.07, 6.45) is 1.82. The fourth-order valence-corrected chi connectivity index (χ4v) is 2.18. The Morgan fingerprint density at radius 2 is 2.05 bits per heavy atom. The molecule has 20 heavy (non-hydrogen) atoms. The summed E-state index contributed by atoms with van der Waals surface area (Å²) >= 11 is 0. The van der Waals surface area contributed by atoms with Crippen molar-refractivity contribution < 1.29 is 4.52 Å². The number of pyridine rings is 1. The highest BCUT2D eigenvalue weighted by molar-refractivity contribution is 5.54. The van der Waals surface area contributed by atoms with Gasteiger partial charge in [0.1, 0.15) is 5.69 Å². The Morgan fingerprint density at radius 1 is 1.30 bits per heavy atom. The molecule has 0 aromatic carbocycles. The van der Waals surface area contributed by atoms with Gasteiger partial charge in [-0.3, -0.25) is 4.98 Å². The molecule has 0 radical (unpaired) electrons. The van der Waals surface area contributed by atoms with E-state index in [1.165, 1.54) is 0 Å². The van der Waals surface area contributed by atoms with Gasteiger partial charge in [-0.1, -0.05) is 25.1 Å². The van der Waals surface area contributed by atoms with Crippen LogP contribution in [0, 0.1) is 13.8 Å². The smallest absolute Gasteiger partial charge is 0.231 e. The Hall–Kier alpha value is -1.75. The molecule has 2 aromatic rings. The molecule has 0 aliphatic carbocycles. The quantitative estimate of drug-likeness (QED) is 0.908. The third kappa shape index (κ3) is 3.04. The fourth-order valence-electron chi connectivity index (χ4n) is 2.18. The summed E-state index contributed by atoms with van der Waals surface area (Å²) in [7, 11) is 0. The Labute approximate surface area is 119 Å². The van der Waals surface area contributed by atoms with Gasteiger partial charge in [-0.2, -0.15) is 4.98 Å². The molecule has 5 nitrogen and oxygen atoms in total. The lowest BCUT2D eigenvalue weighted by molar-refractivity contribution is 0.332. The van der Waals surface area contributed by atoms with Crippen molar-refractivity contribution in [3.63, 3.8) is 0 Å². The third-order valence-corrected chi connectivity index (χ3v) is 3.53. The van der Waals surface area contributed by atoms with Crippen molar-refractivity contribution in [1.29, 1.82) is 0 Å². The van der Waals surface area contributed by atoms with E-state index in [1.807, 2.05) is 20.0 Å². The number of aryl methyl sites for hydroxylation is 2. The number of hydrogen-bond acceptors (Lipinski definition) is 5. The zero-order chi connectivity index (χ0) is 14.7. The van der Waals surface area contributed by atoms with Gasteiger partial charge in [-0.25, -0.2) is 0 Å². The molecular weight excluding hydrogens is 252 g/mol. The summed E-state index contributed by atoms with van der Waals surface area (Å²) in [5.41, 5.74) is 2.97. The minimum Gasteiger partial charge on any atom is -0.339 e. The second-order valence-electron chi connectivity index (χ2n) is 5.27. The Morgan fingerprint density at radius 3 is 2.70 bits per heavy atom. The predicted molar refractivity (Wildman–Crippen MR) is 78.6 cm³/mol. The summed E-state index contributed by atoms with van der Waals surface area (Å²) < 4.78 is 5.39. The van der Waals surface area contributed by atoms with Gasteiger partial charge in [0, 0.05) is 12.2 Å². The van der Waals surface area contributed by atoms with Crippen LogP contribution in [-0.4, -0.2) is 27.7 Å². The molecule has 0 spiro atoms. The van der Waals surface area contributed by atoms with Gasteiger partial charge in [-0.15, -0.1) is 0 Å². The van der Waals surface area contributed by atoms with Crippen molar-refractivity contribution in [2.75, 3.05) is 6.54 Å². The molecule has 0 aliphatic heterocycles. The molecule has 2 unspecified atom stereocenters. The van der Waals surface area contributed by atoms with E-state index >= 15 is 0 Å². The normalized spacial score (nSPS) is 14.2. The minimum absolute atomic E-state index is 0.168. The second-order valence-corrected chi connectivity index (χ2v) is 5.27. The molecular formula is C15H22N4O. The van der Waals surface area contributed by atoms with Gasteiger partial charge in [0.05, 0.1) is 5.92 Å². The Kier molecular flexibility index (Phi) is 4.49. The van der Waals surface area contributed by atoms with E-state index in [4.69, 9.17) is 4.52 Å². The highest BCUT2D eigenvalue weighted by Gasteiger charge is 2.21. The van der Waals surface area contributed by atoms with E-state index in [0.29, 0.717) is 17.8 Å².